The summed E-state index contributed by atoms with van der Waals surface area (Å²) in [7, 11) is 0. The SMILES string of the molecule is CC(C)CCC1CCCC1NCC(C)CO. The molecule has 0 heterocycles. The second-order valence-electron chi connectivity index (χ2n) is 5.96. The van der Waals surface area contributed by atoms with Crippen LogP contribution in [0, 0.1) is 17.8 Å². The quantitative estimate of drug-likeness (QED) is 0.701. The summed E-state index contributed by atoms with van der Waals surface area (Å²) < 4.78 is 0. The number of aliphatic hydroxyl groups excluding tert-OH is 1. The van der Waals surface area contributed by atoms with E-state index in [1.54, 1.807) is 0 Å². The Kier molecular flexibility index (Phi) is 6.37. The van der Waals surface area contributed by atoms with Crippen LogP contribution in [-0.2, 0) is 0 Å². The van der Waals surface area contributed by atoms with E-state index in [4.69, 9.17) is 5.11 Å². The highest BCUT2D eigenvalue weighted by atomic mass is 16.3. The van der Waals surface area contributed by atoms with E-state index >= 15 is 0 Å². The Hall–Kier alpha value is -0.0800. The van der Waals surface area contributed by atoms with Crippen LogP contribution < -0.4 is 5.32 Å². The van der Waals surface area contributed by atoms with Crippen LogP contribution in [0.15, 0.2) is 0 Å². The summed E-state index contributed by atoms with van der Waals surface area (Å²) in [4.78, 5) is 0. The molecule has 0 amide bonds. The molecule has 1 aliphatic carbocycles. The van der Waals surface area contributed by atoms with Crippen LogP contribution in [0.1, 0.15) is 52.9 Å². The van der Waals surface area contributed by atoms with Crippen molar-refractivity contribution in [2.24, 2.45) is 17.8 Å². The third-order valence-corrected chi connectivity index (χ3v) is 3.81. The van der Waals surface area contributed by atoms with Gasteiger partial charge in [-0.3, -0.25) is 0 Å². The minimum Gasteiger partial charge on any atom is -0.396 e. The van der Waals surface area contributed by atoms with Gasteiger partial charge in [0.2, 0.25) is 0 Å². The van der Waals surface area contributed by atoms with Gasteiger partial charge in [0.1, 0.15) is 0 Å². The predicted molar refractivity (Wildman–Crippen MR) is 69.5 cm³/mol. The molecule has 0 aromatic carbocycles. The zero-order valence-electron chi connectivity index (χ0n) is 11.2. The first-order chi connectivity index (χ1) is 7.63. The largest absolute Gasteiger partial charge is 0.396 e. The topological polar surface area (TPSA) is 32.3 Å². The molecule has 1 aliphatic rings. The number of nitrogens with one attached hydrogen (secondary N) is 1. The van der Waals surface area contributed by atoms with E-state index in [0.717, 1.165) is 18.4 Å². The zero-order chi connectivity index (χ0) is 12.0. The van der Waals surface area contributed by atoms with Crippen molar-refractivity contribution in [3.63, 3.8) is 0 Å². The lowest BCUT2D eigenvalue weighted by Crippen LogP contribution is -2.36. The molecule has 1 saturated carbocycles. The van der Waals surface area contributed by atoms with Gasteiger partial charge in [-0.25, -0.2) is 0 Å². The summed E-state index contributed by atoms with van der Waals surface area (Å²) in [5.41, 5.74) is 0. The molecule has 0 aromatic heterocycles. The predicted octanol–water partition coefficient (Wildman–Crippen LogP) is 2.81. The normalized spacial score (nSPS) is 27.6. The molecule has 16 heavy (non-hydrogen) atoms. The van der Waals surface area contributed by atoms with Crippen molar-refractivity contribution in [3.8, 4) is 0 Å². The van der Waals surface area contributed by atoms with Gasteiger partial charge in [0, 0.05) is 19.2 Å². The maximum atomic E-state index is 9.01. The fourth-order valence-electron chi connectivity index (χ4n) is 2.62. The summed E-state index contributed by atoms with van der Waals surface area (Å²) in [5.74, 6) is 2.11. The average molecular weight is 227 g/mol. The molecule has 2 N–H and O–H groups in total. The molecule has 0 saturated heterocycles. The fourth-order valence-corrected chi connectivity index (χ4v) is 2.62. The van der Waals surface area contributed by atoms with Crippen LogP contribution in [0.25, 0.3) is 0 Å². The van der Waals surface area contributed by atoms with E-state index in [2.05, 4.69) is 26.1 Å². The molecular formula is C14H29NO. The molecule has 0 aliphatic heterocycles. The molecular weight excluding hydrogens is 198 g/mol. The fraction of sp³-hybridized carbons (Fsp3) is 1.00. The van der Waals surface area contributed by atoms with E-state index in [9.17, 15) is 0 Å². The summed E-state index contributed by atoms with van der Waals surface area (Å²) >= 11 is 0. The molecule has 2 nitrogen and oxygen atoms in total. The van der Waals surface area contributed by atoms with Crippen molar-refractivity contribution in [1.29, 1.82) is 0 Å². The van der Waals surface area contributed by atoms with Crippen LogP contribution in [-0.4, -0.2) is 24.3 Å². The second kappa shape index (κ2) is 7.29. The second-order valence-corrected chi connectivity index (χ2v) is 5.96. The van der Waals surface area contributed by atoms with Crippen molar-refractivity contribution in [1.82, 2.24) is 5.32 Å². The Morgan fingerprint density at radius 1 is 1.25 bits per heavy atom. The number of hydrogen-bond acceptors (Lipinski definition) is 2. The minimum absolute atomic E-state index is 0.302. The molecule has 0 spiro atoms. The smallest absolute Gasteiger partial charge is 0.0468 e. The third-order valence-electron chi connectivity index (χ3n) is 3.81. The molecule has 0 radical (unpaired) electrons. The Labute approximate surface area is 101 Å². The lowest BCUT2D eigenvalue weighted by atomic mass is 9.93. The van der Waals surface area contributed by atoms with Gasteiger partial charge in [-0.1, -0.05) is 33.6 Å². The van der Waals surface area contributed by atoms with Crippen molar-refractivity contribution >= 4 is 0 Å². The van der Waals surface area contributed by atoms with E-state index < -0.39 is 0 Å². The number of rotatable bonds is 7. The zero-order valence-corrected chi connectivity index (χ0v) is 11.2. The van der Waals surface area contributed by atoms with Crippen LogP contribution in [0.3, 0.4) is 0 Å². The average Bonchev–Trinajstić information content (AvgIpc) is 2.70. The molecule has 2 heteroatoms. The highest BCUT2D eigenvalue weighted by molar-refractivity contribution is 4.83. The van der Waals surface area contributed by atoms with Gasteiger partial charge in [-0.05, 0) is 37.0 Å². The summed E-state index contributed by atoms with van der Waals surface area (Å²) in [6.45, 7) is 8.00. The van der Waals surface area contributed by atoms with E-state index in [1.165, 1.54) is 32.1 Å². The first-order valence-electron chi connectivity index (χ1n) is 6.97. The van der Waals surface area contributed by atoms with Crippen molar-refractivity contribution in [2.75, 3.05) is 13.2 Å². The van der Waals surface area contributed by atoms with Crippen molar-refractivity contribution in [2.45, 2.75) is 58.9 Å². The lowest BCUT2D eigenvalue weighted by Gasteiger charge is -2.23. The van der Waals surface area contributed by atoms with Gasteiger partial charge in [0.25, 0.3) is 0 Å². The maximum absolute atomic E-state index is 9.01. The molecule has 1 fully saturated rings. The Morgan fingerprint density at radius 3 is 2.62 bits per heavy atom. The molecule has 3 atom stereocenters. The number of hydrogen-bond donors (Lipinski definition) is 2. The Bertz CT molecular complexity index is 182. The van der Waals surface area contributed by atoms with E-state index in [-0.39, 0.29) is 0 Å². The summed E-state index contributed by atoms with van der Waals surface area (Å²) in [6, 6.07) is 0.716. The minimum atomic E-state index is 0.302. The van der Waals surface area contributed by atoms with Crippen LogP contribution >= 0.6 is 0 Å². The van der Waals surface area contributed by atoms with Crippen LogP contribution in [0.4, 0.5) is 0 Å². The first-order valence-corrected chi connectivity index (χ1v) is 6.97. The van der Waals surface area contributed by atoms with Crippen molar-refractivity contribution < 1.29 is 5.11 Å². The monoisotopic (exact) mass is 227 g/mol. The summed E-state index contributed by atoms with van der Waals surface area (Å²) in [5, 5.41) is 12.7. The summed E-state index contributed by atoms with van der Waals surface area (Å²) in [6.07, 6.45) is 6.86. The lowest BCUT2D eigenvalue weighted by molar-refractivity contribution is 0.224. The Morgan fingerprint density at radius 2 is 2.00 bits per heavy atom. The van der Waals surface area contributed by atoms with Crippen LogP contribution in [0.2, 0.25) is 0 Å². The first kappa shape index (κ1) is 14.0. The maximum Gasteiger partial charge on any atom is 0.0468 e. The molecule has 0 bridgehead atoms. The third kappa shape index (κ3) is 4.84. The standard InChI is InChI=1S/C14H29NO/c1-11(2)7-8-13-5-4-6-14(13)15-9-12(3)10-16/h11-16H,4-10H2,1-3H3. The van der Waals surface area contributed by atoms with Gasteiger partial charge in [0.05, 0.1) is 0 Å². The molecule has 0 aromatic rings. The highest BCUT2D eigenvalue weighted by Gasteiger charge is 2.26. The van der Waals surface area contributed by atoms with Gasteiger partial charge in [-0.2, -0.15) is 0 Å². The van der Waals surface area contributed by atoms with Crippen molar-refractivity contribution in [3.05, 3.63) is 0 Å². The van der Waals surface area contributed by atoms with Gasteiger partial charge in [-0.15, -0.1) is 0 Å². The molecule has 1 rings (SSSR count). The van der Waals surface area contributed by atoms with Gasteiger partial charge < -0.3 is 10.4 Å². The Balaban J connectivity index is 2.23. The van der Waals surface area contributed by atoms with E-state index in [0.29, 0.717) is 18.6 Å². The molecule has 3 unspecified atom stereocenters. The van der Waals surface area contributed by atoms with Gasteiger partial charge in [0.15, 0.2) is 0 Å². The number of aliphatic hydroxyl groups is 1. The van der Waals surface area contributed by atoms with Crippen LogP contribution in [0.5, 0.6) is 0 Å². The molecule has 96 valence electrons. The highest BCUT2D eigenvalue weighted by Crippen LogP contribution is 2.30. The van der Waals surface area contributed by atoms with E-state index in [1.807, 2.05) is 0 Å². The van der Waals surface area contributed by atoms with Gasteiger partial charge >= 0.3 is 0 Å².